The number of aromatic nitrogens is 2. The van der Waals surface area contributed by atoms with Crippen LogP contribution in [-0.2, 0) is 4.74 Å². The Morgan fingerprint density at radius 3 is 2.89 bits per heavy atom. The molecule has 0 aromatic carbocycles. The Morgan fingerprint density at radius 1 is 1.44 bits per heavy atom. The zero-order valence-electron chi connectivity index (χ0n) is 11.2. The number of hydrogen-bond acceptors (Lipinski definition) is 6. The van der Waals surface area contributed by atoms with E-state index in [0.29, 0.717) is 12.0 Å². The fourth-order valence-electron chi connectivity index (χ4n) is 2.27. The van der Waals surface area contributed by atoms with E-state index < -0.39 is 0 Å². The summed E-state index contributed by atoms with van der Waals surface area (Å²) in [7, 11) is 0. The highest BCUT2D eigenvalue weighted by molar-refractivity contribution is 5.42. The molecule has 1 aliphatic rings. The lowest BCUT2D eigenvalue weighted by molar-refractivity contribution is -0.0553. The quantitative estimate of drug-likeness (QED) is 0.557. The first-order valence-electron chi connectivity index (χ1n) is 6.21. The van der Waals surface area contributed by atoms with Crippen molar-refractivity contribution in [3.8, 4) is 0 Å². The first-order chi connectivity index (χ1) is 8.48. The molecule has 0 radical (unpaired) electrons. The van der Waals surface area contributed by atoms with Gasteiger partial charge in [-0.2, -0.15) is 4.98 Å². The van der Waals surface area contributed by atoms with Crippen molar-refractivity contribution in [2.24, 2.45) is 5.84 Å². The van der Waals surface area contributed by atoms with E-state index >= 15 is 0 Å². The number of nitrogens with zero attached hydrogens (tertiary/aromatic N) is 2. The largest absolute Gasteiger partial charge is 0.375 e. The molecule has 100 valence electrons. The van der Waals surface area contributed by atoms with Crippen LogP contribution in [0.5, 0.6) is 0 Å². The van der Waals surface area contributed by atoms with Crippen molar-refractivity contribution in [3.63, 3.8) is 0 Å². The molecule has 1 fully saturated rings. The predicted octanol–water partition coefficient (Wildman–Crippen LogP) is 1.44. The predicted molar refractivity (Wildman–Crippen MR) is 71.3 cm³/mol. The molecule has 0 saturated carbocycles. The number of hydrazine groups is 1. The third kappa shape index (κ3) is 3.30. The lowest BCUT2D eigenvalue weighted by atomic mass is 9.94. The molecule has 2 rings (SSSR count). The van der Waals surface area contributed by atoms with E-state index in [1.807, 2.05) is 13.0 Å². The van der Waals surface area contributed by atoms with Gasteiger partial charge in [0, 0.05) is 24.4 Å². The topological polar surface area (TPSA) is 85.1 Å². The minimum atomic E-state index is -0.0764. The van der Waals surface area contributed by atoms with Gasteiger partial charge in [-0.05, 0) is 33.6 Å². The molecule has 18 heavy (non-hydrogen) atoms. The molecule has 0 spiro atoms. The Labute approximate surface area is 107 Å². The number of nitrogen functional groups attached to an aromatic ring is 1. The van der Waals surface area contributed by atoms with Gasteiger partial charge >= 0.3 is 0 Å². The second kappa shape index (κ2) is 5.07. The summed E-state index contributed by atoms with van der Waals surface area (Å²) in [5.41, 5.74) is 3.28. The van der Waals surface area contributed by atoms with E-state index in [1.165, 1.54) is 0 Å². The number of aryl methyl sites for hydroxylation is 1. The van der Waals surface area contributed by atoms with E-state index in [-0.39, 0.29) is 5.60 Å². The highest BCUT2D eigenvalue weighted by Gasteiger charge is 2.28. The zero-order chi connectivity index (χ0) is 13.2. The number of rotatable bonds is 3. The summed E-state index contributed by atoms with van der Waals surface area (Å²) in [4.78, 5) is 8.46. The first-order valence-corrected chi connectivity index (χ1v) is 6.21. The average Bonchev–Trinajstić information content (AvgIpc) is 2.26. The summed E-state index contributed by atoms with van der Waals surface area (Å²) < 4.78 is 5.70. The molecule has 2 heterocycles. The van der Waals surface area contributed by atoms with Gasteiger partial charge in [0.1, 0.15) is 5.82 Å². The lowest BCUT2D eigenvalue weighted by Crippen LogP contribution is -2.40. The average molecular weight is 251 g/mol. The summed E-state index contributed by atoms with van der Waals surface area (Å²) in [6.07, 6.45) is 1.94. The van der Waals surface area contributed by atoms with Crippen LogP contribution in [0, 0.1) is 6.92 Å². The van der Waals surface area contributed by atoms with Crippen molar-refractivity contribution in [1.82, 2.24) is 9.97 Å². The Bertz CT molecular complexity index is 421. The van der Waals surface area contributed by atoms with Crippen LogP contribution < -0.4 is 16.6 Å². The minimum Gasteiger partial charge on any atom is -0.375 e. The first kappa shape index (κ1) is 13.0. The molecule has 6 nitrogen and oxygen atoms in total. The third-order valence-electron chi connectivity index (χ3n) is 3.03. The van der Waals surface area contributed by atoms with Gasteiger partial charge in [-0.15, -0.1) is 0 Å². The second-order valence-electron chi connectivity index (χ2n) is 5.30. The number of hydrogen-bond donors (Lipinski definition) is 3. The van der Waals surface area contributed by atoms with Gasteiger partial charge in [0.25, 0.3) is 0 Å². The summed E-state index contributed by atoms with van der Waals surface area (Å²) in [5.74, 6) is 6.58. The minimum absolute atomic E-state index is 0.0764. The maximum absolute atomic E-state index is 5.70. The van der Waals surface area contributed by atoms with Gasteiger partial charge in [0.15, 0.2) is 0 Å². The SMILES string of the molecule is Cc1cc(NC2CCOC(C)(C)C2)nc(NN)n1. The highest BCUT2D eigenvalue weighted by atomic mass is 16.5. The van der Waals surface area contributed by atoms with Crippen LogP contribution >= 0.6 is 0 Å². The molecule has 6 heteroatoms. The van der Waals surface area contributed by atoms with Crippen molar-refractivity contribution >= 4 is 11.8 Å². The van der Waals surface area contributed by atoms with Crippen LogP contribution in [0.2, 0.25) is 0 Å². The van der Waals surface area contributed by atoms with Gasteiger partial charge in [-0.25, -0.2) is 10.8 Å². The van der Waals surface area contributed by atoms with Gasteiger partial charge in [0.05, 0.1) is 5.60 Å². The molecule has 1 saturated heterocycles. The number of ether oxygens (including phenoxy) is 1. The number of anilines is 2. The molecule has 1 aliphatic heterocycles. The fourth-order valence-corrected chi connectivity index (χ4v) is 2.27. The summed E-state index contributed by atoms with van der Waals surface area (Å²) in [6, 6.07) is 2.29. The Morgan fingerprint density at radius 2 is 2.22 bits per heavy atom. The molecule has 0 aliphatic carbocycles. The Kier molecular flexibility index (Phi) is 3.68. The van der Waals surface area contributed by atoms with Crippen molar-refractivity contribution in [1.29, 1.82) is 0 Å². The Balaban J connectivity index is 2.07. The van der Waals surface area contributed by atoms with Gasteiger partial charge < -0.3 is 10.1 Å². The fraction of sp³-hybridized carbons (Fsp3) is 0.667. The molecule has 0 amide bonds. The van der Waals surface area contributed by atoms with Crippen molar-refractivity contribution in [2.45, 2.75) is 45.3 Å². The molecular weight excluding hydrogens is 230 g/mol. The van der Waals surface area contributed by atoms with Gasteiger partial charge in [-0.3, -0.25) is 5.43 Å². The normalized spacial score (nSPS) is 22.6. The summed E-state index contributed by atoms with van der Waals surface area (Å²) >= 11 is 0. The van der Waals surface area contributed by atoms with Crippen LogP contribution in [0.4, 0.5) is 11.8 Å². The Hall–Kier alpha value is -1.40. The zero-order valence-corrected chi connectivity index (χ0v) is 11.2. The van der Waals surface area contributed by atoms with E-state index in [0.717, 1.165) is 31.0 Å². The van der Waals surface area contributed by atoms with Crippen molar-refractivity contribution in [2.75, 3.05) is 17.3 Å². The maximum Gasteiger partial charge on any atom is 0.239 e. The second-order valence-corrected chi connectivity index (χ2v) is 5.30. The summed E-state index contributed by atoms with van der Waals surface area (Å²) in [5, 5.41) is 3.43. The smallest absolute Gasteiger partial charge is 0.239 e. The molecule has 1 aromatic heterocycles. The monoisotopic (exact) mass is 251 g/mol. The third-order valence-corrected chi connectivity index (χ3v) is 3.03. The van der Waals surface area contributed by atoms with Crippen LogP contribution in [0.15, 0.2) is 6.07 Å². The lowest BCUT2D eigenvalue weighted by Gasteiger charge is -2.36. The van der Waals surface area contributed by atoms with E-state index in [9.17, 15) is 0 Å². The van der Waals surface area contributed by atoms with Gasteiger partial charge in [-0.1, -0.05) is 0 Å². The van der Waals surface area contributed by atoms with Crippen LogP contribution in [-0.4, -0.2) is 28.2 Å². The molecule has 0 bridgehead atoms. The molecule has 1 aromatic rings. The van der Waals surface area contributed by atoms with E-state index in [4.69, 9.17) is 10.6 Å². The van der Waals surface area contributed by atoms with E-state index in [2.05, 4.69) is 34.6 Å². The van der Waals surface area contributed by atoms with Crippen LogP contribution in [0.3, 0.4) is 0 Å². The van der Waals surface area contributed by atoms with Crippen LogP contribution in [0.1, 0.15) is 32.4 Å². The van der Waals surface area contributed by atoms with Gasteiger partial charge in [0.2, 0.25) is 5.95 Å². The molecule has 1 atom stereocenters. The number of nitrogens with two attached hydrogens (primary N) is 1. The molecule has 4 N–H and O–H groups in total. The van der Waals surface area contributed by atoms with Crippen molar-refractivity contribution < 1.29 is 4.74 Å². The summed E-state index contributed by atoms with van der Waals surface area (Å²) in [6.45, 7) is 6.91. The van der Waals surface area contributed by atoms with Crippen molar-refractivity contribution in [3.05, 3.63) is 11.8 Å². The number of nitrogens with one attached hydrogen (secondary N) is 2. The maximum atomic E-state index is 5.70. The van der Waals surface area contributed by atoms with Crippen LogP contribution in [0.25, 0.3) is 0 Å². The standard InChI is InChI=1S/C12H21N5O/c1-8-6-10(16-11(14-8)17-13)15-9-4-5-18-12(2,3)7-9/h6,9H,4-5,7,13H2,1-3H3,(H2,14,15,16,17). The van der Waals surface area contributed by atoms with E-state index in [1.54, 1.807) is 0 Å². The molecule has 1 unspecified atom stereocenters. The molecular formula is C12H21N5O. The highest BCUT2D eigenvalue weighted by Crippen LogP contribution is 2.26.